The third kappa shape index (κ3) is 34.3. The molecule has 1 rings (SSSR count). The Hall–Kier alpha value is -1.67. The number of ether oxygens (including phenoxy) is 2. The van der Waals surface area contributed by atoms with E-state index in [4.69, 9.17) is 9.47 Å². The number of nitrogens with zero attached hydrogens (tertiary/aromatic N) is 3. The number of hydrogen-bond donors (Lipinski definition) is 0. The van der Waals surface area contributed by atoms with Crippen molar-refractivity contribution in [2.75, 3.05) is 59.5 Å². The molecular formula is C55H107N3O5. The van der Waals surface area contributed by atoms with Crippen molar-refractivity contribution >= 4 is 17.8 Å². The molecule has 0 aliphatic carbocycles. The quantitative estimate of drug-likeness (QED) is 0.0445. The van der Waals surface area contributed by atoms with Crippen LogP contribution < -0.4 is 0 Å². The molecule has 0 N–H and O–H groups in total. The van der Waals surface area contributed by atoms with Gasteiger partial charge in [0.25, 0.3) is 0 Å². The monoisotopic (exact) mass is 890 g/mol. The summed E-state index contributed by atoms with van der Waals surface area (Å²) in [6.45, 7) is 18.8. The van der Waals surface area contributed by atoms with Gasteiger partial charge in [-0.3, -0.25) is 14.4 Å². The van der Waals surface area contributed by atoms with Crippen molar-refractivity contribution in [2.24, 2.45) is 11.8 Å². The van der Waals surface area contributed by atoms with E-state index in [1.54, 1.807) is 0 Å². The maximum Gasteiger partial charge on any atom is 0.305 e. The van der Waals surface area contributed by atoms with E-state index in [0.29, 0.717) is 56.3 Å². The Morgan fingerprint density at radius 3 is 1.29 bits per heavy atom. The lowest BCUT2D eigenvalue weighted by Gasteiger charge is -2.35. The zero-order chi connectivity index (χ0) is 46.0. The fourth-order valence-corrected chi connectivity index (χ4v) is 9.47. The maximum atomic E-state index is 13.7. The van der Waals surface area contributed by atoms with Gasteiger partial charge >= 0.3 is 11.9 Å². The van der Waals surface area contributed by atoms with Gasteiger partial charge in [-0.25, -0.2) is 0 Å². The van der Waals surface area contributed by atoms with Crippen LogP contribution in [0.3, 0.4) is 0 Å². The van der Waals surface area contributed by atoms with Crippen LogP contribution in [-0.4, -0.2) is 98.1 Å². The van der Waals surface area contributed by atoms with Gasteiger partial charge < -0.3 is 24.2 Å². The summed E-state index contributed by atoms with van der Waals surface area (Å²) in [6, 6.07) is 0.321. The first-order valence-corrected chi connectivity index (χ1v) is 27.8. The number of carbonyl (C=O) groups is 3. The van der Waals surface area contributed by atoms with E-state index < -0.39 is 0 Å². The van der Waals surface area contributed by atoms with Crippen molar-refractivity contribution in [3.63, 3.8) is 0 Å². The third-order valence-electron chi connectivity index (χ3n) is 13.9. The van der Waals surface area contributed by atoms with Crippen LogP contribution in [0.5, 0.6) is 0 Å². The van der Waals surface area contributed by atoms with Crippen molar-refractivity contribution < 1.29 is 23.9 Å². The summed E-state index contributed by atoms with van der Waals surface area (Å²) < 4.78 is 11.5. The minimum absolute atomic E-state index is 0.00748. The number of esters is 2. The summed E-state index contributed by atoms with van der Waals surface area (Å²) in [5.74, 6) is 1.38. The molecule has 2 atom stereocenters. The fourth-order valence-electron chi connectivity index (χ4n) is 9.47. The Morgan fingerprint density at radius 2 is 0.841 bits per heavy atom. The highest BCUT2D eigenvalue weighted by atomic mass is 16.5. The van der Waals surface area contributed by atoms with Crippen molar-refractivity contribution in [3.05, 3.63) is 0 Å². The molecule has 0 aromatic rings. The van der Waals surface area contributed by atoms with E-state index in [9.17, 15) is 14.4 Å². The second-order valence-corrected chi connectivity index (χ2v) is 19.9. The van der Waals surface area contributed by atoms with Gasteiger partial charge in [0.05, 0.1) is 13.2 Å². The smallest absolute Gasteiger partial charge is 0.305 e. The second kappa shape index (κ2) is 42.9. The first kappa shape index (κ1) is 59.3. The molecule has 1 aliphatic rings. The lowest BCUT2D eigenvalue weighted by Crippen LogP contribution is -2.46. The number of piperazine rings is 1. The van der Waals surface area contributed by atoms with Crippen LogP contribution in [0.4, 0.5) is 0 Å². The number of rotatable bonds is 45. The molecule has 1 saturated heterocycles. The number of amides is 1. The Kier molecular flexibility index (Phi) is 40.4. The van der Waals surface area contributed by atoms with E-state index in [0.717, 1.165) is 116 Å². The molecule has 0 aromatic carbocycles. The Balaban J connectivity index is 2.53. The van der Waals surface area contributed by atoms with E-state index in [1.807, 2.05) is 0 Å². The SMILES string of the molecule is CCCCCCC(CCCC)COC(=O)CCCCCCCCC(CCCCCCCCC(=O)OCC(CCCC)CCCCCC)N(CCCN1CCN(C)CC1)C(=O)CCC. The second-order valence-electron chi connectivity index (χ2n) is 19.9. The molecule has 0 bridgehead atoms. The van der Waals surface area contributed by atoms with Gasteiger partial charge in [0.2, 0.25) is 5.91 Å². The molecule has 63 heavy (non-hydrogen) atoms. The molecule has 1 aliphatic heterocycles. The number of hydrogen-bond acceptors (Lipinski definition) is 7. The highest BCUT2D eigenvalue weighted by Gasteiger charge is 2.23. The van der Waals surface area contributed by atoms with Gasteiger partial charge in [-0.15, -0.1) is 0 Å². The lowest BCUT2D eigenvalue weighted by molar-refractivity contribution is -0.146. The average molecular weight is 890 g/mol. The Labute approximate surface area is 391 Å². The predicted octanol–water partition coefficient (Wildman–Crippen LogP) is 14.5. The standard InChI is InChI=1S/C55H107N3O5/c1-7-12-16-26-36-50(34-14-9-3)48-62-54(60)40-30-24-20-18-22-28-38-52(58(53(59)33-11-5)43-32-42-57-46-44-56(6)45-47-57)39-29-23-19-21-25-31-41-55(61)63-49-51(35-15-10-4)37-27-17-13-8-2/h50-52H,7-49H2,1-6H3. The van der Waals surface area contributed by atoms with Gasteiger partial charge in [-0.2, -0.15) is 0 Å². The fraction of sp³-hybridized carbons (Fsp3) is 0.945. The predicted molar refractivity (Wildman–Crippen MR) is 268 cm³/mol. The summed E-state index contributed by atoms with van der Waals surface area (Å²) >= 11 is 0. The van der Waals surface area contributed by atoms with Gasteiger partial charge in [-0.1, -0.05) is 176 Å². The number of likely N-dealkylation sites (N-methyl/N-ethyl adjacent to an activating group) is 1. The summed E-state index contributed by atoms with van der Waals surface area (Å²) in [5, 5.41) is 0. The molecule has 0 radical (unpaired) electrons. The maximum absolute atomic E-state index is 13.7. The number of carbonyl (C=O) groups excluding carboxylic acids is 3. The zero-order valence-corrected chi connectivity index (χ0v) is 43.0. The molecule has 0 saturated carbocycles. The molecule has 1 amide bonds. The normalized spacial score (nSPS) is 15.0. The Morgan fingerprint density at radius 1 is 0.444 bits per heavy atom. The van der Waals surface area contributed by atoms with E-state index >= 15 is 0 Å². The topological polar surface area (TPSA) is 79.4 Å². The van der Waals surface area contributed by atoms with Crippen molar-refractivity contribution in [3.8, 4) is 0 Å². The zero-order valence-electron chi connectivity index (χ0n) is 43.0. The Bertz CT molecular complexity index is 993. The van der Waals surface area contributed by atoms with Crippen LogP contribution in [0.1, 0.15) is 259 Å². The van der Waals surface area contributed by atoms with E-state index in [2.05, 4.69) is 56.4 Å². The van der Waals surface area contributed by atoms with Crippen LogP contribution in [0.25, 0.3) is 0 Å². The molecule has 8 heteroatoms. The molecular weight excluding hydrogens is 783 g/mol. The highest BCUT2D eigenvalue weighted by Crippen LogP contribution is 2.23. The molecule has 1 fully saturated rings. The van der Waals surface area contributed by atoms with Crippen LogP contribution >= 0.6 is 0 Å². The molecule has 1 heterocycles. The first-order valence-electron chi connectivity index (χ1n) is 27.8. The summed E-state index contributed by atoms with van der Waals surface area (Å²) in [5.41, 5.74) is 0. The average Bonchev–Trinajstić information content (AvgIpc) is 3.28. The minimum Gasteiger partial charge on any atom is -0.465 e. The molecule has 0 spiro atoms. The van der Waals surface area contributed by atoms with Gasteiger partial charge in [0.1, 0.15) is 0 Å². The minimum atomic E-state index is -0.00748. The molecule has 0 aromatic heterocycles. The van der Waals surface area contributed by atoms with Crippen molar-refractivity contribution in [1.29, 1.82) is 0 Å². The van der Waals surface area contributed by atoms with Crippen molar-refractivity contribution in [2.45, 2.75) is 265 Å². The molecule has 372 valence electrons. The van der Waals surface area contributed by atoms with Crippen LogP contribution in [-0.2, 0) is 23.9 Å². The highest BCUT2D eigenvalue weighted by molar-refractivity contribution is 5.76. The molecule has 8 nitrogen and oxygen atoms in total. The van der Waals surface area contributed by atoms with Crippen molar-refractivity contribution in [1.82, 2.24) is 14.7 Å². The summed E-state index contributed by atoms with van der Waals surface area (Å²) in [6.07, 6.45) is 39.1. The van der Waals surface area contributed by atoms with Gasteiger partial charge in [0.15, 0.2) is 0 Å². The van der Waals surface area contributed by atoms with E-state index in [-0.39, 0.29) is 11.9 Å². The van der Waals surface area contributed by atoms with Crippen LogP contribution in [0.2, 0.25) is 0 Å². The molecule has 2 unspecified atom stereocenters. The first-order chi connectivity index (χ1) is 30.8. The van der Waals surface area contributed by atoms with Gasteiger partial charge in [0, 0.05) is 58.0 Å². The summed E-state index contributed by atoms with van der Waals surface area (Å²) in [4.78, 5) is 46.1. The lowest BCUT2D eigenvalue weighted by atomic mass is 9.96. The largest absolute Gasteiger partial charge is 0.465 e. The van der Waals surface area contributed by atoms with E-state index in [1.165, 1.54) is 128 Å². The number of unbranched alkanes of at least 4 members (excludes halogenated alkanes) is 18. The van der Waals surface area contributed by atoms with Gasteiger partial charge in [-0.05, 0) is 89.6 Å². The summed E-state index contributed by atoms with van der Waals surface area (Å²) in [7, 11) is 2.21. The van der Waals surface area contributed by atoms with Crippen LogP contribution in [0.15, 0.2) is 0 Å². The van der Waals surface area contributed by atoms with Crippen LogP contribution in [0, 0.1) is 11.8 Å². The third-order valence-corrected chi connectivity index (χ3v) is 13.9.